The van der Waals surface area contributed by atoms with Gasteiger partial charge >= 0.3 is 0 Å². The molecule has 0 atom stereocenters. The van der Waals surface area contributed by atoms with Gasteiger partial charge in [-0.25, -0.2) is 13.9 Å². The average molecular weight is 539 g/mol. The van der Waals surface area contributed by atoms with Crippen molar-refractivity contribution >= 4 is 29.0 Å². The molecule has 1 aliphatic rings. The fourth-order valence-corrected chi connectivity index (χ4v) is 4.17. The fourth-order valence-electron chi connectivity index (χ4n) is 4.17. The van der Waals surface area contributed by atoms with Gasteiger partial charge in [-0.2, -0.15) is 0 Å². The highest BCUT2D eigenvalue weighted by atomic mass is 19.1. The van der Waals surface area contributed by atoms with Crippen LogP contribution in [-0.4, -0.2) is 31.0 Å². The maximum atomic E-state index is 14.9. The molecule has 2 aromatic carbocycles. The number of rotatable bonds is 7. The average Bonchev–Trinajstić information content (AvgIpc) is 3.71. The molecule has 40 heavy (non-hydrogen) atoms. The maximum absolute atomic E-state index is 14.9. The van der Waals surface area contributed by atoms with E-state index in [4.69, 9.17) is 4.74 Å². The number of halogens is 1. The summed E-state index contributed by atoms with van der Waals surface area (Å²) < 4.78 is 23.3. The number of aryl methyl sites for hydroxylation is 1. The van der Waals surface area contributed by atoms with E-state index in [1.54, 1.807) is 30.6 Å². The van der Waals surface area contributed by atoms with Crippen LogP contribution in [0.2, 0.25) is 0 Å². The van der Waals surface area contributed by atoms with Crippen molar-refractivity contribution < 1.29 is 18.7 Å². The number of aromatic nitrogens is 4. The molecule has 6 rings (SSSR count). The number of ether oxygens (including phenoxy) is 1. The van der Waals surface area contributed by atoms with Crippen molar-refractivity contribution in [1.29, 1.82) is 0 Å². The normalized spacial score (nSPS) is 12.8. The first-order chi connectivity index (χ1) is 19.3. The van der Waals surface area contributed by atoms with E-state index in [9.17, 15) is 18.8 Å². The zero-order chi connectivity index (χ0) is 27.8. The number of anilines is 2. The van der Waals surface area contributed by atoms with Crippen molar-refractivity contribution in [3.63, 3.8) is 0 Å². The minimum absolute atomic E-state index is 0.0393. The minimum atomic E-state index is -0.743. The molecular weight excluding hydrogens is 515 g/mol. The summed E-state index contributed by atoms with van der Waals surface area (Å²) in [6.45, 7) is 1.91. The summed E-state index contributed by atoms with van der Waals surface area (Å²) in [7, 11) is 0. The van der Waals surface area contributed by atoms with Crippen molar-refractivity contribution in [3.05, 3.63) is 106 Å². The molecule has 0 saturated heterocycles. The van der Waals surface area contributed by atoms with E-state index in [1.165, 1.54) is 33.3 Å². The number of nitrogens with one attached hydrogen (secondary N) is 2. The molecule has 1 fully saturated rings. The van der Waals surface area contributed by atoms with Crippen LogP contribution in [0.3, 0.4) is 0 Å². The van der Waals surface area contributed by atoms with Crippen LogP contribution in [0.25, 0.3) is 11.3 Å². The number of pyridine rings is 1. The number of imidazole rings is 1. The van der Waals surface area contributed by atoms with Gasteiger partial charge < -0.3 is 15.4 Å². The number of benzene rings is 2. The quantitative estimate of drug-likeness (QED) is 0.310. The van der Waals surface area contributed by atoms with E-state index >= 15 is 0 Å². The third kappa shape index (κ3) is 5.17. The molecule has 2 amide bonds. The first kappa shape index (κ1) is 25.0. The zero-order valence-electron chi connectivity index (χ0n) is 21.3. The van der Waals surface area contributed by atoms with Gasteiger partial charge in [0.2, 0.25) is 11.8 Å². The minimum Gasteiger partial charge on any atom is -0.434 e. The number of carbonyl (C=O) groups is 2. The van der Waals surface area contributed by atoms with Gasteiger partial charge in [-0.15, -0.1) is 5.10 Å². The van der Waals surface area contributed by atoms with Crippen LogP contribution in [0.1, 0.15) is 28.8 Å². The van der Waals surface area contributed by atoms with Gasteiger partial charge in [0, 0.05) is 35.6 Å². The summed E-state index contributed by atoms with van der Waals surface area (Å²) in [5, 5.41) is 9.59. The number of nitrogens with zero attached hydrogens (tertiary/aromatic N) is 4. The summed E-state index contributed by atoms with van der Waals surface area (Å²) in [5.41, 5.74) is 1.65. The predicted molar refractivity (Wildman–Crippen MR) is 146 cm³/mol. The Morgan fingerprint density at radius 1 is 1.02 bits per heavy atom. The predicted octanol–water partition coefficient (Wildman–Crippen LogP) is 4.72. The van der Waals surface area contributed by atoms with Crippen LogP contribution in [-0.2, 0) is 4.79 Å². The van der Waals surface area contributed by atoms with E-state index in [2.05, 4.69) is 20.7 Å². The zero-order valence-corrected chi connectivity index (χ0v) is 21.3. The second-order valence-electron chi connectivity index (χ2n) is 9.50. The van der Waals surface area contributed by atoms with Crippen molar-refractivity contribution in [1.82, 2.24) is 19.2 Å². The second-order valence-corrected chi connectivity index (χ2v) is 9.50. The third-order valence-electron chi connectivity index (χ3n) is 6.37. The van der Waals surface area contributed by atoms with Gasteiger partial charge in [0.05, 0.1) is 6.20 Å². The molecule has 0 bridgehead atoms. The Morgan fingerprint density at radius 3 is 2.65 bits per heavy atom. The number of hydrogen-bond acceptors (Lipinski definition) is 6. The van der Waals surface area contributed by atoms with Gasteiger partial charge in [-0.05, 0) is 67.8 Å². The molecule has 2 N–H and O–H groups in total. The largest absolute Gasteiger partial charge is 0.434 e. The van der Waals surface area contributed by atoms with Gasteiger partial charge in [-0.3, -0.25) is 19.0 Å². The van der Waals surface area contributed by atoms with E-state index in [0.29, 0.717) is 17.2 Å². The number of amides is 2. The van der Waals surface area contributed by atoms with Crippen molar-refractivity contribution in [2.75, 3.05) is 10.6 Å². The molecular formula is C29H23FN6O4. The molecule has 0 spiro atoms. The molecule has 5 aromatic rings. The van der Waals surface area contributed by atoms with Crippen LogP contribution in [0.15, 0.2) is 83.9 Å². The molecule has 0 unspecified atom stereocenters. The maximum Gasteiger partial charge on any atom is 0.267 e. The van der Waals surface area contributed by atoms with Crippen molar-refractivity contribution in [3.8, 4) is 17.3 Å². The highest BCUT2D eigenvalue weighted by Crippen LogP contribution is 2.30. The van der Waals surface area contributed by atoms with Gasteiger partial charge in [0.25, 0.3) is 11.5 Å². The SMILES string of the molecule is Cc1cccc(-n2cccc(C(=O)Nc3ccc(Oc4ccc5nc(NC(=O)C6CC6)cn5n4)c(F)c3)c2=O)c1. The number of carbonyl (C=O) groups excluding carboxylic acids is 2. The Morgan fingerprint density at radius 2 is 1.88 bits per heavy atom. The van der Waals surface area contributed by atoms with Crippen LogP contribution < -0.4 is 20.9 Å². The lowest BCUT2D eigenvalue weighted by molar-refractivity contribution is -0.117. The van der Waals surface area contributed by atoms with E-state index in [0.717, 1.165) is 24.5 Å². The first-order valence-corrected chi connectivity index (χ1v) is 12.6. The smallest absolute Gasteiger partial charge is 0.267 e. The first-order valence-electron chi connectivity index (χ1n) is 12.6. The molecule has 3 aromatic heterocycles. The molecule has 0 aliphatic heterocycles. The van der Waals surface area contributed by atoms with Crippen LogP contribution in [0.5, 0.6) is 11.6 Å². The lowest BCUT2D eigenvalue weighted by atomic mass is 10.2. The number of fused-ring (bicyclic) bond motifs is 1. The summed E-state index contributed by atoms with van der Waals surface area (Å²) in [4.78, 5) is 42.2. The molecule has 1 aliphatic carbocycles. The summed E-state index contributed by atoms with van der Waals surface area (Å²) >= 11 is 0. The highest BCUT2D eigenvalue weighted by Gasteiger charge is 2.30. The van der Waals surface area contributed by atoms with E-state index in [-0.39, 0.29) is 34.7 Å². The van der Waals surface area contributed by atoms with Gasteiger partial charge in [0.15, 0.2) is 23.0 Å². The van der Waals surface area contributed by atoms with Crippen LogP contribution >= 0.6 is 0 Å². The summed E-state index contributed by atoms with van der Waals surface area (Å²) in [6.07, 6.45) is 4.89. The van der Waals surface area contributed by atoms with Crippen molar-refractivity contribution in [2.24, 2.45) is 5.92 Å². The highest BCUT2D eigenvalue weighted by molar-refractivity contribution is 6.04. The van der Waals surface area contributed by atoms with Crippen LogP contribution in [0, 0.1) is 18.7 Å². The van der Waals surface area contributed by atoms with E-state index < -0.39 is 17.3 Å². The van der Waals surface area contributed by atoms with Crippen molar-refractivity contribution in [2.45, 2.75) is 19.8 Å². The lowest BCUT2D eigenvalue weighted by Crippen LogP contribution is -2.27. The second kappa shape index (κ2) is 10.1. The Balaban J connectivity index is 1.16. The Kier molecular flexibility index (Phi) is 6.31. The molecule has 3 heterocycles. The summed E-state index contributed by atoms with van der Waals surface area (Å²) in [5.74, 6) is -1.09. The molecule has 1 saturated carbocycles. The third-order valence-corrected chi connectivity index (χ3v) is 6.37. The monoisotopic (exact) mass is 538 g/mol. The van der Waals surface area contributed by atoms with E-state index in [1.807, 2.05) is 25.1 Å². The molecule has 200 valence electrons. The molecule has 10 nitrogen and oxygen atoms in total. The lowest BCUT2D eigenvalue weighted by Gasteiger charge is -2.11. The van der Waals surface area contributed by atoms with Gasteiger partial charge in [-0.1, -0.05) is 12.1 Å². The van der Waals surface area contributed by atoms with Crippen LogP contribution in [0.4, 0.5) is 15.9 Å². The fraction of sp³-hybridized carbons (Fsp3) is 0.138. The topological polar surface area (TPSA) is 120 Å². The van der Waals surface area contributed by atoms with Gasteiger partial charge in [0.1, 0.15) is 5.56 Å². The number of hydrogen-bond donors (Lipinski definition) is 2. The Labute approximate surface area is 227 Å². The summed E-state index contributed by atoms with van der Waals surface area (Å²) in [6, 6.07) is 17.4. The Hall–Kier alpha value is -5.32. The molecule has 0 radical (unpaired) electrons. The molecule has 11 heteroatoms. The Bertz CT molecular complexity index is 1840. The standard InChI is InChI=1S/C29H23FN6O4/c1-17-4-2-5-20(14-17)35-13-3-6-21(29(35)39)28(38)31-19-9-10-23(22(30)15-19)40-26-12-11-25-32-24(16-36(25)34-26)33-27(37)18-7-8-18/h2-6,9-16,18H,7-8H2,1H3,(H,31,38)(H,33,37).